The number of hydrogen-bond donors (Lipinski definition) is 0. The van der Waals surface area contributed by atoms with Crippen molar-refractivity contribution in [1.82, 2.24) is 13.8 Å². The topological polar surface area (TPSA) is 79.7 Å². The number of piperidine rings is 1. The smallest absolute Gasteiger partial charge is 0.251 e. The van der Waals surface area contributed by atoms with Crippen LogP contribution in [-0.4, -0.2) is 54.3 Å². The molecule has 0 aliphatic carbocycles. The predicted octanol–water partition coefficient (Wildman–Crippen LogP) is 0.888. The van der Waals surface area contributed by atoms with E-state index in [9.17, 15) is 18.0 Å². The van der Waals surface area contributed by atoms with Crippen LogP contribution >= 0.6 is 0 Å². The first-order chi connectivity index (χ1) is 11.1. The monoisotopic (exact) mass is 355 g/mol. The molecule has 0 bridgehead atoms. The van der Waals surface area contributed by atoms with Crippen LogP contribution < -0.4 is 5.56 Å². The van der Waals surface area contributed by atoms with Gasteiger partial charge in [-0.15, -0.1) is 0 Å². The van der Waals surface area contributed by atoms with Crippen LogP contribution in [0.25, 0.3) is 0 Å². The Hall–Kier alpha value is -1.67. The van der Waals surface area contributed by atoms with Crippen molar-refractivity contribution in [2.45, 2.75) is 56.6 Å². The highest BCUT2D eigenvalue weighted by molar-refractivity contribution is 7.89. The number of hydrogen-bond acceptors (Lipinski definition) is 4. The molecule has 2 atom stereocenters. The molecule has 2 rings (SSSR count). The summed E-state index contributed by atoms with van der Waals surface area (Å²) in [5, 5.41) is 0. The van der Waals surface area contributed by atoms with Crippen LogP contribution in [0.1, 0.15) is 33.1 Å². The summed E-state index contributed by atoms with van der Waals surface area (Å²) < 4.78 is 26.7. The van der Waals surface area contributed by atoms with Gasteiger partial charge in [-0.05, 0) is 39.2 Å². The highest BCUT2D eigenvalue weighted by Gasteiger charge is 2.29. The summed E-state index contributed by atoms with van der Waals surface area (Å²) in [6, 6.07) is 2.72. The van der Waals surface area contributed by atoms with E-state index >= 15 is 0 Å². The second-order valence-corrected chi connectivity index (χ2v) is 8.70. The molecule has 0 spiro atoms. The normalized spacial score (nSPS) is 22.0. The maximum Gasteiger partial charge on any atom is 0.251 e. The largest absolute Gasteiger partial charge is 0.336 e. The Bertz CT molecular complexity index is 760. The second-order valence-electron chi connectivity index (χ2n) is 6.55. The molecule has 0 aromatic carbocycles. The molecule has 1 aliphatic heterocycles. The minimum Gasteiger partial charge on any atom is -0.336 e. The molecular weight excluding hydrogens is 330 g/mol. The minimum atomic E-state index is -3.65. The molecule has 0 saturated carbocycles. The fourth-order valence-electron chi connectivity index (χ4n) is 3.14. The van der Waals surface area contributed by atoms with Gasteiger partial charge in [0, 0.05) is 38.4 Å². The maximum atomic E-state index is 12.6. The fourth-order valence-corrected chi connectivity index (χ4v) is 4.06. The van der Waals surface area contributed by atoms with Crippen LogP contribution in [-0.2, 0) is 21.4 Å². The van der Waals surface area contributed by atoms with Gasteiger partial charge in [0.2, 0.25) is 15.9 Å². The lowest BCUT2D eigenvalue weighted by molar-refractivity contribution is -0.138. The SMILES string of the molecule is C[C@@H]1CCC[C@@H](C)N1C(=O)Cn1cc(S(=O)(=O)N(C)C)ccc1=O. The van der Waals surface area contributed by atoms with Crippen LogP contribution in [0.15, 0.2) is 28.0 Å². The first-order valence-corrected chi connectivity index (χ1v) is 9.52. The number of carbonyl (C=O) groups excluding carboxylic acids is 1. The molecule has 8 heteroatoms. The van der Waals surface area contributed by atoms with Crippen LogP contribution in [0.3, 0.4) is 0 Å². The average molecular weight is 355 g/mol. The minimum absolute atomic E-state index is 0.000332. The van der Waals surface area contributed by atoms with Crippen molar-refractivity contribution >= 4 is 15.9 Å². The van der Waals surface area contributed by atoms with Crippen molar-refractivity contribution in [1.29, 1.82) is 0 Å². The summed E-state index contributed by atoms with van der Waals surface area (Å²) in [5.74, 6) is -0.156. The summed E-state index contributed by atoms with van der Waals surface area (Å²) in [5.41, 5.74) is -0.390. The molecule has 2 heterocycles. The molecular formula is C16H25N3O4S. The van der Waals surface area contributed by atoms with Gasteiger partial charge in [-0.1, -0.05) is 0 Å². The highest BCUT2D eigenvalue weighted by atomic mass is 32.2. The molecule has 0 unspecified atom stereocenters. The highest BCUT2D eigenvalue weighted by Crippen LogP contribution is 2.22. The van der Waals surface area contributed by atoms with Crippen LogP contribution in [0.5, 0.6) is 0 Å². The van der Waals surface area contributed by atoms with Crippen molar-refractivity contribution in [3.05, 3.63) is 28.7 Å². The summed E-state index contributed by atoms with van der Waals surface area (Å²) in [4.78, 5) is 26.5. The van der Waals surface area contributed by atoms with Gasteiger partial charge in [-0.3, -0.25) is 9.59 Å². The number of aromatic nitrogens is 1. The lowest BCUT2D eigenvalue weighted by Gasteiger charge is -2.39. The summed E-state index contributed by atoms with van der Waals surface area (Å²) in [7, 11) is -0.802. The van der Waals surface area contributed by atoms with Crippen molar-refractivity contribution < 1.29 is 13.2 Å². The Kier molecular flexibility index (Phi) is 5.49. The van der Waals surface area contributed by atoms with E-state index in [4.69, 9.17) is 0 Å². The maximum absolute atomic E-state index is 12.6. The van der Waals surface area contributed by atoms with Gasteiger partial charge in [0.25, 0.3) is 5.56 Å². The Morgan fingerprint density at radius 3 is 2.33 bits per heavy atom. The summed E-state index contributed by atoms with van der Waals surface area (Å²) in [6.07, 6.45) is 4.22. The number of likely N-dealkylation sites (tertiary alicyclic amines) is 1. The van der Waals surface area contributed by atoms with E-state index in [0.717, 1.165) is 23.6 Å². The van der Waals surface area contributed by atoms with E-state index in [0.29, 0.717) is 0 Å². The van der Waals surface area contributed by atoms with E-state index in [1.54, 1.807) is 0 Å². The third-order valence-electron chi connectivity index (χ3n) is 4.52. The average Bonchev–Trinajstić information content (AvgIpc) is 2.49. The summed E-state index contributed by atoms with van der Waals surface area (Å²) >= 11 is 0. The van der Waals surface area contributed by atoms with Crippen LogP contribution in [0.2, 0.25) is 0 Å². The lowest BCUT2D eigenvalue weighted by Crippen LogP contribution is -2.49. The van der Waals surface area contributed by atoms with E-state index in [1.165, 1.54) is 37.0 Å². The molecule has 1 aliphatic rings. The van der Waals surface area contributed by atoms with Gasteiger partial charge in [-0.2, -0.15) is 0 Å². The number of amides is 1. The van der Waals surface area contributed by atoms with Gasteiger partial charge in [0.1, 0.15) is 6.54 Å². The predicted molar refractivity (Wildman–Crippen MR) is 91.2 cm³/mol. The van der Waals surface area contributed by atoms with E-state index < -0.39 is 15.6 Å². The molecule has 1 aromatic heterocycles. The molecule has 7 nitrogen and oxygen atoms in total. The molecule has 0 N–H and O–H groups in total. The quantitative estimate of drug-likeness (QED) is 0.803. The molecule has 1 saturated heterocycles. The Labute approximate surface area is 142 Å². The zero-order valence-corrected chi connectivity index (χ0v) is 15.4. The van der Waals surface area contributed by atoms with Crippen molar-refractivity contribution in [3.8, 4) is 0 Å². The van der Waals surface area contributed by atoms with Gasteiger partial charge in [0.15, 0.2) is 0 Å². The first kappa shape index (κ1) is 18.7. The Morgan fingerprint density at radius 1 is 1.21 bits per heavy atom. The van der Waals surface area contributed by atoms with E-state index in [2.05, 4.69) is 0 Å². The number of carbonyl (C=O) groups is 1. The van der Waals surface area contributed by atoms with Crippen molar-refractivity contribution in [3.63, 3.8) is 0 Å². The zero-order chi connectivity index (χ0) is 18.1. The van der Waals surface area contributed by atoms with Gasteiger partial charge < -0.3 is 9.47 Å². The third-order valence-corrected chi connectivity index (χ3v) is 6.32. The van der Waals surface area contributed by atoms with Crippen molar-refractivity contribution in [2.24, 2.45) is 0 Å². The Morgan fingerprint density at radius 2 is 1.79 bits per heavy atom. The van der Waals surface area contributed by atoms with Crippen LogP contribution in [0, 0.1) is 0 Å². The molecule has 1 aromatic rings. The second kappa shape index (κ2) is 7.06. The number of rotatable bonds is 4. The Balaban J connectivity index is 2.29. The molecule has 24 heavy (non-hydrogen) atoms. The third kappa shape index (κ3) is 3.70. The fraction of sp³-hybridized carbons (Fsp3) is 0.625. The molecule has 1 amide bonds. The number of nitrogens with zero attached hydrogens (tertiary/aromatic N) is 3. The zero-order valence-electron chi connectivity index (χ0n) is 14.6. The van der Waals surface area contributed by atoms with Crippen LogP contribution in [0.4, 0.5) is 0 Å². The first-order valence-electron chi connectivity index (χ1n) is 8.08. The standard InChI is InChI=1S/C16H25N3O4S/c1-12-6-5-7-13(2)19(12)16(21)11-18-10-14(8-9-15(18)20)24(22,23)17(3)4/h8-10,12-13H,5-7,11H2,1-4H3/t12-,13-/m1/s1. The van der Waals surface area contributed by atoms with Crippen molar-refractivity contribution in [2.75, 3.05) is 14.1 Å². The van der Waals surface area contributed by atoms with Gasteiger partial charge in [-0.25, -0.2) is 12.7 Å². The lowest BCUT2D eigenvalue weighted by atomic mass is 9.97. The van der Waals surface area contributed by atoms with Gasteiger partial charge in [0.05, 0.1) is 4.90 Å². The number of pyridine rings is 1. The molecule has 1 fully saturated rings. The van der Waals surface area contributed by atoms with Gasteiger partial charge >= 0.3 is 0 Å². The summed E-state index contributed by atoms with van der Waals surface area (Å²) in [6.45, 7) is 3.86. The number of sulfonamides is 1. The van der Waals surface area contributed by atoms with E-state index in [-0.39, 0.29) is 29.4 Å². The molecule has 0 radical (unpaired) electrons. The molecule has 134 valence electrons. The van der Waals surface area contributed by atoms with E-state index in [1.807, 2.05) is 18.7 Å².